The molecule has 0 aliphatic heterocycles. The highest BCUT2D eigenvalue weighted by Gasteiger charge is 2.16. The van der Waals surface area contributed by atoms with E-state index in [1.165, 1.54) is 25.3 Å². The van der Waals surface area contributed by atoms with Crippen LogP contribution in [0.1, 0.15) is 60.5 Å². The third-order valence-corrected chi connectivity index (χ3v) is 4.03. The van der Waals surface area contributed by atoms with Crippen LogP contribution in [0.2, 0.25) is 0 Å². The van der Waals surface area contributed by atoms with E-state index in [0.717, 1.165) is 18.4 Å². The number of benzene rings is 2. The van der Waals surface area contributed by atoms with Gasteiger partial charge in [0.15, 0.2) is 5.78 Å². The van der Waals surface area contributed by atoms with Gasteiger partial charge in [-0.1, -0.05) is 62.9 Å². The van der Waals surface area contributed by atoms with Gasteiger partial charge in [0.1, 0.15) is 11.5 Å². The lowest BCUT2D eigenvalue weighted by Gasteiger charge is -2.10. The molecule has 0 unspecified atom stereocenters. The van der Waals surface area contributed by atoms with Crippen molar-refractivity contribution in [3.63, 3.8) is 0 Å². The number of unbranched alkanes of at least 4 members (excludes halogenated alkanes) is 4. The van der Waals surface area contributed by atoms with E-state index >= 15 is 0 Å². The molecule has 0 heterocycles. The van der Waals surface area contributed by atoms with Crippen LogP contribution in [-0.2, 0) is 6.42 Å². The lowest BCUT2D eigenvalue weighted by Crippen LogP contribution is -2.03. The number of ketones is 1. The Morgan fingerprint density at radius 1 is 0.913 bits per heavy atom. The first-order valence-corrected chi connectivity index (χ1v) is 8.28. The van der Waals surface area contributed by atoms with Crippen molar-refractivity contribution in [1.82, 2.24) is 0 Å². The maximum absolute atomic E-state index is 12.5. The third-order valence-electron chi connectivity index (χ3n) is 4.03. The number of aromatic hydroxyl groups is 2. The number of carbonyl (C=O) groups excluding carboxylic acids is 1. The molecule has 2 aromatic rings. The predicted octanol–water partition coefficient (Wildman–Crippen LogP) is 4.84. The summed E-state index contributed by atoms with van der Waals surface area (Å²) in [5.74, 6) is -0.343. The zero-order valence-electron chi connectivity index (χ0n) is 13.6. The van der Waals surface area contributed by atoms with E-state index in [1.54, 1.807) is 30.3 Å². The summed E-state index contributed by atoms with van der Waals surface area (Å²) in [6.45, 7) is 2.17. The highest BCUT2D eigenvalue weighted by atomic mass is 16.3. The SMILES string of the molecule is CCCCCCCc1cc(C(=O)c2ccccc2)c(O)cc1O. The number of aryl methyl sites for hydroxylation is 1. The van der Waals surface area contributed by atoms with Crippen molar-refractivity contribution in [2.75, 3.05) is 0 Å². The first-order chi connectivity index (χ1) is 11.1. The van der Waals surface area contributed by atoms with E-state index in [2.05, 4.69) is 6.92 Å². The van der Waals surface area contributed by atoms with E-state index in [-0.39, 0.29) is 22.8 Å². The molecule has 0 fully saturated rings. The van der Waals surface area contributed by atoms with Gasteiger partial charge in [-0.25, -0.2) is 0 Å². The first kappa shape index (κ1) is 17.1. The van der Waals surface area contributed by atoms with Crippen LogP contribution < -0.4 is 0 Å². The maximum atomic E-state index is 12.5. The molecule has 0 aliphatic rings. The molecule has 122 valence electrons. The van der Waals surface area contributed by atoms with Crippen LogP contribution >= 0.6 is 0 Å². The molecule has 0 atom stereocenters. The molecule has 0 spiro atoms. The molecule has 2 aromatic carbocycles. The van der Waals surface area contributed by atoms with Gasteiger partial charge < -0.3 is 10.2 Å². The van der Waals surface area contributed by atoms with Crippen LogP contribution in [0, 0.1) is 0 Å². The molecule has 0 aromatic heterocycles. The highest BCUT2D eigenvalue weighted by Crippen LogP contribution is 2.30. The van der Waals surface area contributed by atoms with Gasteiger partial charge in [-0.15, -0.1) is 0 Å². The summed E-state index contributed by atoms with van der Waals surface area (Å²) >= 11 is 0. The highest BCUT2D eigenvalue weighted by molar-refractivity contribution is 6.10. The maximum Gasteiger partial charge on any atom is 0.196 e. The fourth-order valence-corrected chi connectivity index (χ4v) is 2.67. The van der Waals surface area contributed by atoms with Gasteiger partial charge >= 0.3 is 0 Å². The first-order valence-electron chi connectivity index (χ1n) is 8.28. The minimum absolute atomic E-state index is 0.0580. The lowest BCUT2D eigenvalue weighted by molar-refractivity contribution is 0.103. The number of rotatable bonds is 8. The summed E-state index contributed by atoms with van der Waals surface area (Å²) < 4.78 is 0. The smallest absolute Gasteiger partial charge is 0.196 e. The average molecular weight is 312 g/mol. The molecule has 0 radical (unpaired) electrons. The molecule has 0 saturated carbocycles. The van der Waals surface area contributed by atoms with Crippen molar-refractivity contribution in [3.8, 4) is 11.5 Å². The second kappa shape index (κ2) is 8.37. The summed E-state index contributed by atoms with van der Waals surface area (Å²) in [4.78, 5) is 12.5. The predicted molar refractivity (Wildman–Crippen MR) is 92.1 cm³/mol. The second-order valence-electron chi connectivity index (χ2n) is 5.86. The summed E-state index contributed by atoms with van der Waals surface area (Å²) in [5.41, 5.74) is 1.50. The monoisotopic (exact) mass is 312 g/mol. The van der Waals surface area contributed by atoms with Crippen LogP contribution in [0.4, 0.5) is 0 Å². The summed E-state index contributed by atoms with van der Waals surface area (Å²) in [5, 5.41) is 20.0. The van der Waals surface area contributed by atoms with Gasteiger partial charge in [0.25, 0.3) is 0 Å². The number of carbonyl (C=O) groups is 1. The second-order valence-corrected chi connectivity index (χ2v) is 5.86. The molecule has 0 saturated heterocycles. The summed E-state index contributed by atoms with van der Waals surface area (Å²) in [7, 11) is 0. The zero-order valence-corrected chi connectivity index (χ0v) is 13.6. The molecule has 0 aliphatic carbocycles. The van der Waals surface area contributed by atoms with Gasteiger partial charge in [0.2, 0.25) is 0 Å². The molecule has 2 rings (SSSR count). The van der Waals surface area contributed by atoms with Gasteiger partial charge in [-0.05, 0) is 24.5 Å². The molecule has 0 amide bonds. The van der Waals surface area contributed by atoms with Crippen molar-refractivity contribution in [3.05, 3.63) is 59.2 Å². The van der Waals surface area contributed by atoms with Crippen LogP contribution in [0.25, 0.3) is 0 Å². The van der Waals surface area contributed by atoms with Crippen molar-refractivity contribution in [1.29, 1.82) is 0 Å². The van der Waals surface area contributed by atoms with Crippen molar-refractivity contribution in [2.45, 2.75) is 45.4 Å². The van der Waals surface area contributed by atoms with Gasteiger partial charge in [0.05, 0.1) is 5.56 Å². The van der Waals surface area contributed by atoms with Crippen LogP contribution in [0.3, 0.4) is 0 Å². The fourth-order valence-electron chi connectivity index (χ4n) is 2.67. The van der Waals surface area contributed by atoms with Gasteiger partial charge in [-0.2, -0.15) is 0 Å². The van der Waals surface area contributed by atoms with E-state index in [1.807, 2.05) is 6.07 Å². The van der Waals surface area contributed by atoms with Gasteiger partial charge in [0, 0.05) is 11.6 Å². The van der Waals surface area contributed by atoms with Crippen LogP contribution in [0.5, 0.6) is 11.5 Å². The number of hydrogen-bond acceptors (Lipinski definition) is 3. The molecule has 2 N–H and O–H groups in total. The van der Waals surface area contributed by atoms with Crippen molar-refractivity contribution >= 4 is 5.78 Å². The van der Waals surface area contributed by atoms with Gasteiger partial charge in [-0.3, -0.25) is 4.79 Å². The molecular formula is C20H24O3. The zero-order chi connectivity index (χ0) is 16.7. The summed E-state index contributed by atoms with van der Waals surface area (Å²) in [6, 6.07) is 11.8. The topological polar surface area (TPSA) is 57.5 Å². The Kier molecular flexibility index (Phi) is 6.21. The fraction of sp³-hybridized carbons (Fsp3) is 0.350. The Morgan fingerprint density at radius 3 is 2.30 bits per heavy atom. The Balaban J connectivity index is 2.14. The van der Waals surface area contributed by atoms with Crippen LogP contribution in [0.15, 0.2) is 42.5 Å². The molecule has 0 bridgehead atoms. The number of phenols is 2. The Labute approximate surface area is 137 Å². The number of hydrogen-bond donors (Lipinski definition) is 2. The van der Waals surface area contributed by atoms with E-state index in [4.69, 9.17) is 0 Å². The third kappa shape index (κ3) is 4.59. The normalized spacial score (nSPS) is 10.7. The Morgan fingerprint density at radius 2 is 1.61 bits per heavy atom. The quantitative estimate of drug-likeness (QED) is 0.541. The molecular weight excluding hydrogens is 288 g/mol. The van der Waals surface area contributed by atoms with E-state index in [9.17, 15) is 15.0 Å². The lowest BCUT2D eigenvalue weighted by atomic mass is 9.97. The largest absolute Gasteiger partial charge is 0.508 e. The minimum atomic E-state index is -0.227. The van der Waals surface area contributed by atoms with E-state index < -0.39 is 0 Å². The minimum Gasteiger partial charge on any atom is -0.508 e. The standard InChI is InChI=1S/C20H24O3/c1-2-3-4-5-7-12-16-13-17(19(22)14-18(16)21)20(23)15-10-8-6-9-11-15/h6,8-11,13-14,21-22H,2-5,7,12H2,1H3. The van der Waals surface area contributed by atoms with E-state index in [0.29, 0.717) is 12.0 Å². The Hall–Kier alpha value is -2.29. The Bertz CT molecular complexity index is 647. The average Bonchev–Trinajstić information content (AvgIpc) is 2.56. The van der Waals surface area contributed by atoms with Crippen molar-refractivity contribution in [2.24, 2.45) is 0 Å². The van der Waals surface area contributed by atoms with Crippen molar-refractivity contribution < 1.29 is 15.0 Å². The molecule has 23 heavy (non-hydrogen) atoms. The van der Waals surface area contributed by atoms with Crippen LogP contribution in [-0.4, -0.2) is 16.0 Å². The summed E-state index contributed by atoms with van der Waals surface area (Å²) in [6.07, 6.45) is 6.39. The number of phenolic OH excluding ortho intramolecular Hbond substituents is 2. The molecule has 3 nitrogen and oxygen atoms in total. The molecule has 3 heteroatoms.